The molecule has 1 heterocycles. The number of carbonyl (C=O) groups is 1. The van der Waals surface area contributed by atoms with E-state index < -0.39 is 11.6 Å². The van der Waals surface area contributed by atoms with Crippen molar-refractivity contribution in [3.63, 3.8) is 0 Å². The van der Waals surface area contributed by atoms with Crippen LogP contribution in [0.25, 0.3) is 0 Å². The second-order valence-electron chi connectivity index (χ2n) is 6.62. The zero-order chi connectivity index (χ0) is 19.2. The Morgan fingerprint density at radius 3 is 2.58 bits per heavy atom. The molecule has 2 rings (SSSR count). The molecule has 1 aromatic carbocycles. The number of esters is 1. The summed E-state index contributed by atoms with van der Waals surface area (Å²) in [4.78, 5) is 19.9. The van der Waals surface area contributed by atoms with Gasteiger partial charge in [0.15, 0.2) is 10.0 Å². The fourth-order valence-corrected chi connectivity index (χ4v) is 2.89. The Hall–Kier alpha value is -2.00. The first-order valence-corrected chi connectivity index (χ1v) is 9.22. The fourth-order valence-electron chi connectivity index (χ4n) is 2.27. The number of nitrogens with two attached hydrogens (primary N) is 1. The SMILES string of the molecule is CC(C)(C)OC(=O)c1c(COCc2ccccc2)cc(I)nc1[NH+]=CN. The molecule has 26 heavy (non-hydrogen) atoms. The number of nitrogens with one attached hydrogen (secondary N) is 1. The quantitative estimate of drug-likeness (QED) is 0.223. The molecule has 0 fully saturated rings. The van der Waals surface area contributed by atoms with Gasteiger partial charge in [0.2, 0.25) is 0 Å². The minimum atomic E-state index is -0.619. The Balaban J connectivity index is 2.29. The van der Waals surface area contributed by atoms with Crippen molar-refractivity contribution >= 4 is 40.7 Å². The Morgan fingerprint density at radius 1 is 1.27 bits per heavy atom. The van der Waals surface area contributed by atoms with Crippen molar-refractivity contribution in [2.75, 3.05) is 0 Å². The molecule has 0 unspecified atom stereocenters. The maximum Gasteiger partial charge on any atom is 0.345 e. The number of halogens is 1. The van der Waals surface area contributed by atoms with E-state index in [0.717, 1.165) is 9.26 Å². The molecule has 0 saturated heterocycles. The number of benzene rings is 1. The zero-order valence-electron chi connectivity index (χ0n) is 15.1. The van der Waals surface area contributed by atoms with Crippen LogP contribution in [-0.2, 0) is 22.7 Å². The highest BCUT2D eigenvalue weighted by molar-refractivity contribution is 14.1. The summed E-state index contributed by atoms with van der Waals surface area (Å²) in [5.74, 6) is -0.115. The summed E-state index contributed by atoms with van der Waals surface area (Å²) in [5, 5.41) is 0. The standard InChI is InChI=1S/C19H22IN3O3/c1-19(2,3)26-18(24)16-14(9-15(20)23-17(16)22-12-21)11-25-10-13-7-5-4-6-8-13/h4-9,12H,10-11H2,1-3H3,(H2,21,22,23)/p+1. The third-order valence-electron chi connectivity index (χ3n) is 3.26. The summed E-state index contributed by atoms with van der Waals surface area (Å²) in [6.07, 6.45) is 1.24. The van der Waals surface area contributed by atoms with E-state index >= 15 is 0 Å². The second kappa shape index (κ2) is 9.09. The zero-order valence-corrected chi connectivity index (χ0v) is 17.2. The van der Waals surface area contributed by atoms with E-state index in [1.165, 1.54) is 6.34 Å². The summed E-state index contributed by atoms with van der Waals surface area (Å²) >= 11 is 2.09. The first kappa shape index (κ1) is 20.3. The monoisotopic (exact) mass is 468 g/mol. The molecular weight excluding hydrogens is 445 g/mol. The van der Waals surface area contributed by atoms with Gasteiger partial charge in [0.25, 0.3) is 5.82 Å². The lowest BCUT2D eigenvalue weighted by molar-refractivity contribution is -0.354. The van der Waals surface area contributed by atoms with Gasteiger partial charge in [-0.25, -0.2) is 9.79 Å². The smallest absolute Gasteiger partial charge is 0.345 e. The van der Waals surface area contributed by atoms with E-state index in [2.05, 4.69) is 32.6 Å². The highest BCUT2D eigenvalue weighted by atomic mass is 127. The Kier molecular flexibility index (Phi) is 7.10. The summed E-state index contributed by atoms with van der Waals surface area (Å²) < 4.78 is 12.1. The third kappa shape index (κ3) is 6.06. The van der Waals surface area contributed by atoms with Gasteiger partial charge < -0.3 is 15.2 Å². The predicted molar refractivity (Wildman–Crippen MR) is 108 cm³/mol. The number of pyridine rings is 1. The Morgan fingerprint density at radius 2 is 1.96 bits per heavy atom. The highest BCUT2D eigenvalue weighted by Gasteiger charge is 2.27. The molecule has 0 aliphatic carbocycles. The molecule has 0 atom stereocenters. The molecule has 0 spiro atoms. The van der Waals surface area contributed by atoms with Crippen LogP contribution in [0.1, 0.15) is 42.3 Å². The van der Waals surface area contributed by atoms with Gasteiger partial charge >= 0.3 is 5.97 Å². The van der Waals surface area contributed by atoms with Crippen LogP contribution in [-0.4, -0.2) is 22.9 Å². The average Bonchev–Trinajstić information content (AvgIpc) is 2.54. The molecular formula is C19H23IN3O3+. The van der Waals surface area contributed by atoms with Crippen LogP contribution >= 0.6 is 22.6 Å². The molecule has 0 saturated carbocycles. The number of carbonyl (C=O) groups excluding carboxylic acids is 1. The molecule has 3 N–H and O–H groups in total. The Labute approximate surface area is 167 Å². The lowest BCUT2D eigenvalue weighted by atomic mass is 10.1. The van der Waals surface area contributed by atoms with Gasteiger partial charge in [0.05, 0.1) is 13.2 Å². The first-order chi connectivity index (χ1) is 12.3. The molecule has 2 aromatic rings. The fraction of sp³-hybridized carbons (Fsp3) is 0.316. The summed E-state index contributed by atoms with van der Waals surface area (Å²) in [6, 6.07) is 11.7. The third-order valence-corrected chi connectivity index (χ3v) is 3.81. The number of hydrogen-bond donors (Lipinski definition) is 2. The summed E-state index contributed by atoms with van der Waals surface area (Å²) in [7, 11) is 0. The maximum absolute atomic E-state index is 12.7. The van der Waals surface area contributed by atoms with Gasteiger partial charge in [-0.15, -0.1) is 0 Å². The molecule has 138 valence electrons. The number of ether oxygens (including phenoxy) is 2. The van der Waals surface area contributed by atoms with E-state index in [9.17, 15) is 4.79 Å². The molecule has 0 radical (unpaired) electrons. The van der Waals surface area contributed by atoms with Crippen molar-refractivity contribution in [1.29, 1.82) is 0 Å². The van der Waals surface area contributed by atoms with Gasteiger partial charge in [0.1, 0.15) is 11.2 Å². The summed E-state index contributed by atoms with van der Waals surface area (Å²) in [6.45, 7) is 6.15. The van der Waals surface area contributed by atoms with Crippen LogP contribution in [0.3, 0.4) is 0 Å². The van der Waals surface area contributed by atoms with E-state index in [1.807, 2.05) is 57.2 Å². The van der Waals surface area contributed by atoms with E-state index in [1.54, 1.807) is 0 Å². The van der Waals surface area contributed by atoms with Crippen molar-refractivity contribution in [1.82, 2.24) is 4.98 Å². The molecule has 0 aliphatic heterocycles. The lowest BCUT2D eigenvalue weighted by Crippen LogP contribution is -2.65. The van der Waals surface area contributed by atoms with Gasteiger partial charge in [-0.2, -0.15) is 0 Å². The lowest BCUT2D eigenvalue weighted by Gasteiger charge is -2.20. The van der Waals surface area contributed by atoms with Crippen LogP contribution in [0.4, 0.5) is 5.82 Å². The van der Waals surface area contributed by atoms with Gasteiger partial charge in [-0.3, -0.25) is 0 Å². The van der Waals surface area contributed by atoms with E-state index in [0.29, 0.717) is 23.6 Å². The van der Waals surface area contributed by atoms with Crippen molar-refractivity contribution in [2.45, 2.75) is 39.6 Å². The molecule has 1 aromatic heterocycles. The first-order valence-electron chi connectivity index (χ1n) is 8.14. The van der Waals surface area contributed by atoms with Crippen molar-refractivity contribution in [3.05, 3.63) is 56.8 Å². The maximum atomic E-state index is 12.7. The molecule has 6 nitrogen and oxygen atoms in total. The van der Waals surface area contributed by atoms with Crippen molar-refractivity contribution in [2.24, 2.45) is 5.73 Å². The minimum absolute atomic E-state index is 0.251. The van der Waals surface area contributed by atoms with Crippen LogP contribution in [0.15, 0.2) is 36.4 Å². The second-order valence-corrected chi connectivity index (χ2v) is 7.72. The van der Waals surface area contributed by atoms with Gasteiger partial charge in [-0.1, -0.05) is 35.3 Å². The number of nitrogens with zero attached hydrogens (tertiary/aromatic N) is 1. The van der Waals surface area contributed by atoms with Crippen LogP contribution < -0.4 is 10.7 Å². The number of hydrogen-bond acceptors (Lipinski definition) is 4. The molecule has 0 amide bonds. The number of aromatic nitrogens is 1. The Bertz CT molecular complexity index is 787. The normalized spacial score (nSPS) is 11.7. The largest absolute Gasteiger partial charge is 0.456 e. The average molecular weight is 468 g/mol. The predicted octanol–water partition coefficient (Wildman–Crippen LogP) is 2.06. The summed E-state index contributed by atoms with van der Waals surface area (Å²) in [5.41, 5.74) is 6.93. The van der Waals surface area contributed by atoms with Gasteiger partial charge in [-0.05, 0) is 55.0 Å². The van der Waals surface area contributed by atoms with Crippen LogP contribution in [0, 0.1) is 3.70 Å². The van der Waals surface area contributed by atoms with Crippen molar-refractivity contribution in [3.8, 4) is 0 Å². The highest BCUT2D eigenvalue weighted by Crippen LogP contribution is 2.22. The van der Waals surface area contributed by atoms with Crippen LogP contribution in [0.5, 0.6) is 0 Å². The molecule has 0 bridgehead atoms. The van der Waals surface area contributed by atoms with Crippen molar-refractivity contribution < 1.29 is 19.3 Å². The van der Waals surface area contributed by atoms with Gasteiger partial charge in [0, 0.05) is 5.56 Å². The molecule has 0 aliphatic rings. The minimum Gasteiger partial charge on any atom is -0.456 e. The van der Waals surface area contributed by atoms with E-state index in [-0.39, 0.29) is 6.61 Å². The van der Waals surface area contributed by atoms with E-state index in [4.69, 9.17) is 15.2 Å². The number of rotatable bonds is 6. The topological polar surface area (TPSA) is 88.4 Å². The van der Waals surface area contributed by atoms with Crippen LogP contribution in [0.2, 0.25) is 0 Å². The molecule has 7 heteroatoms.